The van der Waals surface area contributed by atoms with E-state index in [1.807, 2.05) is 6.92 Å². The summed E-state index contributed by atoms with van der Waals surface area (Å²) in [5.74, 6) is -0.976. The standard InChI is InChI=1S/C31H41FN6O5S/c1-10-20-11-12-21(32)15-22(20)23(43-19(5)31(8,9)42)16-36-27-24(18(4)26(44-27)38-33-13-14-34-38)25(39)37(29(36)41)30(6,7)28(40)35-17(2)3/h11-15,17,19,23,42H,10,16H2,1-9H3,(H,35,40)/t19?,23-/m0/s1. The highest BCUT2D eigenvalue weighted by molar-refractivity contribution is 7.21. The van der Waals surface area contributed by atoms with Crippen LogP contribution in [-0.4, -0.2) is 52.9 Å². The molecule has 13 heteroatoms. The smallest absolute Gasteiger partial charge is 0.333 e. The van der Waals surface area contributed by atoms with E-state index in [1.165, 1.54) is 47.7 Å². The first-order valence-electron chi connectivity index (χ1n) is 14.6. The van der Waals surface area contributed by atoms with Gasteiger partial charge in [0.05, 0.1) is 36.0 Å². The molecule has 11 nitrogen and oxygen atoms in total. The van der Waals surface area contributed by atoms with Crippen molar-refractivity contribution in [2.24, 2.45) is 0 Å². The lowest BCUT2D eigenvalue weighted by atomic mass is 9.98. The molecule has 4 aromatic rings. The number of nitrogens with zero attached hydrogens (tertiary/aromatic N) is 5. The minimum Gasteiger partial charge on any atom is -0.388 e. The number of nitrogens with one attached hydrogen (secondary N) is 1. The van der Waals surface area contributed by atoms with Crippen molar-refractivity contribution in [1.82, 2.24) is 29.4 Å². The third-order valence-electron chi connectivity index (χ3n) is 7.87. The molecule has 0 spiro atoms. The second-order valence-corrected chi connectivity index (χ2v) is 13.3. The number of thiophene rings is 1. The zero-order valence-electron chi connectivity index (χ0n) is 26.6. The topological polar surface area (TPSA) is 133 Å². The summed E-state index contributed by atoms with van der Waals surface area (Å²) in [5, 5.41) is 22.8. The maximum atomic E-state index is 14.7. The van der Waals surface area contributed by atoms with E-state index >= 15 is 0 Å². The van der Waals surface area contributed by atoms with Crippen LogP contribution in [0.2, 0.25) is 0 Å². The Labute approximate surface area is 259 Å². The largest absolute Gasteiger partial charge is 0.388 e. The molecule has 0 aliphatic heterocycles. The number of hydrogen-bond donors (Lipinski definition) is 2. The molecule has 0 aliphatic carbocycles. The number of benzene rings is 1. The van der Waals surface area contributed by atoms with Gasteiger partial charge in [0.2, 0.25) is 5.91 Å². The van der Waals surface area contributed by atoms with Crippen molar-refractivity contribution >= 4 is 27.5 Å². The number of aromatic nitrogens is 5. The van der Waals surface area contributed by atoms with Gasteiger partial charge in [-0.3, -0.25) is 14.2 Å². The van der Waals surface area contributed by atoms with Crippen molar-refractivity contribution in [3.63, 3.8) is 0 Å². The molecule has 44 heavy (non-hydrogen) atoms. The number of carbonyl (C=O) groups excluding carboxylic acids is 1. The lowest BCUT2D eigenvalue weighted by Gasteiger charge is -2.32. The van der Waals surface area contributed by atoms with Crippen LogP contribution in [0.25, 0.3) is 15.2 Å². The second kappa shape index (κ2) is 12.4. The number of aryl methyl sites for hydroxylation is 2. The summed E-state index contributed by atoms with van der Waals surface area (Å²) in [4.78, 5) is 43.7. The highest BCUT2D eigenvalue weighted by Crippen LogP contribution is 2.34. The molecule has 238 valence electrons. The van der Waals surface area contributed by atoms with E-state index in [0.29, 0.717) is 27.4 Å². The minimum atomic E-state index is -1.57. The van der Waals surface area contributed by atoms with Crippen molar-refractivity contribution in [2.75, 3.05) is 0 Å². The molecule has 3 heterocycles. The normalized spacial score (nSPS) is 13.9. The van der Waals surface area contributed by atoms with E-state index in [2.05, 4.69) is 15.5 Å². The maximum absolute atomic E-state index is 14.7. The molecule has 4 rings (SSSR count). The maximum Gasteiger partial charge on any atom is 0.333 e. The zero-order chi connectivity index (χ0) is 32.7. The number of rotatable bonds is 11. The summed E-state index contributed by atoms with van der Waals surface area (Å²) in [5.41, 5.74) is -2.33. The Morgan fingerprint density at radius 3 is 2.34 bits per heavy atom. The van der Waals surface area contributed by atoms with Crippen molar-refractivity contribution in [3.05, 3.63) is 73.9 Å². The van der Waals surface area contributed by atoms with Gasteiger partial charge >= 0.3 is 5.69 Å². The van der Waals surface area contributed by atoms with Gasteiger partial charge in [-0.05, 0) is 85.1 Å². The first kappa shape index (κ1) is 33.2. The second-order valence-electron chi connectivity index (χ2n) is 12.4. The quantitative estimate of drug-likeness (QED) is 0.257. The molecule has 0 saturated heterocycles. The number of hydrogen-bond acceptors (Lipinski definition) is 8. The van der Waals surface area contributed by atoms with Gasteiger partial charge in [0.1, 0.15) is 27.3 Å². The summed E-state index contributed by atoms with van der Waals surface area (Å²) in [6.07, 6.45) is 1.94. The fourth-order valence-corrected chi connectivity index (χ4v) is 6.24. The molecular weight excluding hydrogens is 587 g/mol. The van der Waals surface area contributed by atoms with Crippen LogP contribution in [0.15, 0.2) is 40.2 Å². The van der Waals surface area contributed by atoms with Crippen LogP contribution in [0.5, 0.6) is 0 Å². The number of carbonyl (C=O) groups is 1. The van der Waals surface area contributed by atoms with Gasteiger partial charge in [-0.1, -0.05) is 24.3 Å². The molecule has 1 unspecified atom stereocenters. The van der Waals surface area contributed by atoms with E-state index in [-0.39, 0.29) is 18.0 Å². The van der Waals surface area contributed by atoms with E-state index in [4.69, 9.17) is 4.74 Å². The van der Waals surface area contributed by atoms with Crippen molar-refractivity contribution in [3.8, 4) is 5.00 Å². The first-order valence-corrected chi connectivity index (χ1v) is 15.4. The third kappa shape index (κ3) is 6.26. The summed E-state index contributed by atoms with van der Waals surface area (Å²) in [6, 6.07) is 4.18. The Kier molecular flexibility index (Phi) is 9.34. The lowest BCUT2D eigenvalue weighted by Crippen LogP contribution is -2.56. The average molecular weight is 629 g/mol. The van der Waals surface area contributed by atoms with Gasteiger partial charge in [0.15, 0.2) is 0 Å². The molecule has 0 radical (unpaired) electrons. The fraction of sp³-hybridized carbons (Fsp3) is 0.516. The van der Waals surface area contributed by atoms with E-state index in [1.54, 1.807) is 47.6 Å². The average Bonchev–Trinajstić information content (AvgIpc) is 3.57. The number of aliphatic hydroxyl groups is 1. The molecule has 1 aromatic carbocycles. The monoisotopic (exact) mass is 628 g/mol. The van der Waals surface area contributed by atoms with E-state index < -0.39 is 46.3 Å². The van der Waals surface area contributed by atoms with Gasteiger partial charge in [0, 0.05) is 11.6 Å². The molecule has 2 atom stereocenters. The van der Waals surface area contributed by atoms with Crippen LogP contribution < -0.4 is 16.6 Å². The first-order chi connectivity index (χ1) is 20.5. The van der Waals surface area contributed by atoms with Crippen LogP contribution in [0, 0.1) is 12.7 Å². The molecule has 0 saturated carbocycles. The van der Waals surface area contributed by atoms with Gasteiger partial charge in [-0.2, -0.15) is 10.2 Å². The lowest BCUT2D eigenvalue weighted by molar-refractivity contribution is -0.129. The Hall–Kier alpha value is -3.68. The van der Waals surface area contributed by atoms with Gasteiger partial charge < -0.3 is 15.2 Å². The highest BCUT2D eigenvalue weighted by Gasteiger charge is 2.37. The number of amides is 1. The number of fused-ring (bicyclic) bond motifs is 1. The van der Waals surface area contributed by atoms with E-state index in [9.17, 15) is 23.9 Å². The van der Waals surface area contributed by atoms with Crippen LogP contribution >= 0.6 is 11.3 Å². The molecular formula is C31H41FN6O5S. The molecule has 0 aliphatic rings. The molecule has 1 amide bonds. The minimum absolute atomic E-state index is 0.139. The highest BCUT2D eigenvalue weighted by atomic mass is 32.1. The van der Waals surface area contributed by atoms with Crippen LogP contribution in [0.4, 0.5) is 4.39 Å². The Morgan fingerprint density at radius 1 is 1.14 bits per heavy atom. The molecule has 0 bridgehead atoms. The Morgan fingerprint density at radius 2 is 1.77 bits per heavy atom. The predicted molar refractivity (Wildman–Crippen MR) is 168 cm³/mol. The van der Waals surface area contributed by atoms with E-state index in [0.717, 1.165) is 21.5 Å². The van der Waals surface area contributed by atoms with Crippen LogP contribution in [-0.2, 0) is 28.0 Å². The summed E-state index contributed by atoms with van der Waals surface area (Å²) < 4.78 is 23.5. The summed E-state index contributed by atoms with van der Waals surface area (Å²) >= 11 is 1.16. The SMILES string of the molecule is CCc1ccc(F)cc1[C@H](Cn1c(=O)n(C(C)(C)C(=O)NC(C)C)c(=O)c2c(C)c(-n3nccn3)sc21)OC(C)C(C)(C)O. The van der Waals surface area contributed by atoms with Crippen molar-refractivity contribution in [2.45, 2.75) is 105 Å². The molecule has 3 aromatic heterocycles. The van der Waals surface area contributed by atoms with Crippen LogP contribution in [0.3, 0.4) is 0 Å². The van der Waals surface area contributed by atoms with Crippen molar-refractivity contribution in [1.29, 1.82) is 0 Å². The Bertz CT molecular complexity index is 1780. The number of halogens is 1. The summed E-state index contributed by atoms with van der Waals surface area (Å²) in [6.45, 7) is 15.1. The predicted octanol–water partition coefficient (Wildman–Crippen LogP) is 3.99. The van der Waals surface area contributed by atoms with Crippen molar-refractivity contribution < 1.29 is 19.0 Å². The Balaban J connectivity index is 2.06. The van der Waals surface area contributed by atoms with Crippen LogP contribution in [0.1, 0.15) is 78.2 Å². The summed E-state index contributed by atoms with van der Waals surface area (Å²) in [7, 11) is 0. The zero-order valence-corrected chi connectivity index (χ0v) is 27.5. The van der Waals surface area contributed by atoms with Gasteiger partial charge in [-0.15, -0.1) is 4.80 Å². The van der Waals surface area contributed by atoms with Gasteiger partial charge in [-0.25, -0.2) is 13.8 Å². The molecule has 2 N–H and O–H groups in total. The van der Waals surface area contributed by atoms with Gasteiger partial charge in [0.25, 0.3) is 5.56 Å². The third-order valence-corrected chi connectivity index (χ3v) is 9.15. The number of ether oxygens (including phenoxy) is 1. The fourth-order valence-electron chi connectivity index (χ4n) is 5.02. The molecule has 0 fully saturated rings.